The molecule has 0 N–H and O–H groups in total. The highest BCUT2D eigenvalue weighted by Crippen LogP contribution is 2.22. The second kappa shape index (κ2) is 7.27. The van der Waals surface area contributed by atoms with Crippen LogP contribution in [-0.4, -0.2) is 24.3 Å². The number of carbonyl (C=O) groups is 1. The fraction of sp³-hybridized carbons (Fsp3) is 0.235. The van der Waals surface area contributed by atoms with Gasteiger partial charge in [0.25, 0.3) is 5.56 Å². The van der Waals surface area contributed by atoms with E-state index in [1.54, 1.807) is 30.3 Å². The van der Waals surface area contributed by atoms with Gasteiger partial charge in [0, 0.05) is 0 Å². The van der Waals surface area contributed by atoms with Gasteiger partial charge in [0.1, 0.15) is 23.9 Å². The summed E-state index contributed by atoms with van der Waals surface area (Å²) in [5.41, 5.74) is 0.717. The highest BCUT2D eigenvalue weighted by Gasteiger charge is 2.14. The molecule has 1 aromatic heterocycles. The van der Waals surface area contributed by atoms with E-state index in [-0.39, 0.29) is 12.1 Å². The Labute approximate surface area is 133 Å². The lowest BCUT2D eigenvalue weighted by Gasteiger charge is -2.13. The number of esters is 1. The van der Waals surface area contributed by atoms with E-state index in [1.807, 2.05) is 13.0 Å². The number of ether oxygens (including phenoxy) is 2. The normalized spacial score (nSPS) is 9.96. The summed E-state index contributed by atoms with van der Waals surface area (Å²) in [7, 11) is 1.25. The molecule has 2 aromatic rings. The van der Waals surface area contributed by atoms with E-state index in [1.165, 1.54) is 17.7 Å². The zero-order valence-corrected chi connectivity index (χ0v) is 12.9. The molecule has 1 heterocycles. The molecule has 0 aliphatic carbocycles. The Balaban J connectivity index is 2.52. The maximum atomic E-state index is 12.3. The lowest BCUT2D eigenvalue weighted by Crippen LogP contribution is -2.28. The van der Waals surface area contributed by atoms with E-state index in [0.29, 0.717) is 18.1 Å². The summed E-state index contributed by atoms with van der Waals surface area (Å²) < 4.78 is 11.2. The molecule has 0 radical (unpaired) electrons. The molecule has 0 spiro atoms. The monoisotopic (exact) mass is 312 g/mol. The minimum absolute atomic E-state index is 0.0245. The minimum Gasteiger partial charge on any atom is -0.494 e. The molecule has 0 aliphatic rings. The maximum absolute atomic E-state index is 12.3. The van der Waals surface area contributed by atoms with E-state index in [0.717, 1.165) is 5.56 Å². The van der Waals surface area contributed by atoms with Crippen LogP contribution in [-0.2, 0) is 16.1 Å². The van der Waals surface area contributed by atoms with E-state index in [2.05, 4.69) is 4.74 Å². The number of nitriles is 1. The fourth-order valence-electron chi connectivity index (χ4n) is 2.15. The molecule has 0 amide bonds. The summed E-state index contributed by atoms with van der Waals surface area (Å²) in [5.74, 6) is 0.154. The van der Waals surface area contributed by atoms with Crippen molar-refractivity contribution >= 4 is 5.97 Å². The summed E-state index contributed by atoms with van der Waals surface area (Å²) in [5, 5.41) is 9.00. The number of carbonyl (C=O) groups excluding carboxylic acids is 1. The Bertz CT molecular complexity index is 801. The third kappa shape index (κ3) is 3.58. The van der Waals surface area contributed by atoms with Crippen LogP contribution < -0.4 is 10.3 Å². The van der Waals surface area contributed by atoms with Crippen molar-refractivity contribution in [3.8, 4) is 23.1 Å². The van der Waals surface area contributed by atoms with E-state index >= 15 is 0 Å². The number of aromatic nitrogens is 1. The summed E-state index contributed by atoms with van der Waals surface area (Å²) in [4.78, 5) is 23.9. The molecule has 0 unspecified atom stereocenters. The number of hydrogen-bond acceptors (Lipinski definition) is 5. The Kier molecular flexibility index (Phi) is 5.15. The van der Waals surface area contributed by atoms with Gasteiger partial charge in [-0.15, -0.1) is 0 Å². The van der Waals surface area contributed by atoms with Crippen LogP contribution in [0.3, 0.4) is 0 Å². The van der Waals surface area contributed by atoms with Gasteiger partial charge in [0.15, 0.2) is 0 Å². The van der Waals surface area contributed by atoms with E-state index in [9.17, 15) is 9.59 Å². The average molecular weight is 312 g/mol. The predicted octanol–water partition coefficient (Wildman–Crippen LogP) is 1.96. The smallest absolute Gasteiger partial charge is 0.325 e. The summed E-state index contributed by atoms with van der Waals surface area (Å²) >= 11 is 0. The Morgan fingerprint density at radius 2 is 1.91 bits per heavy atom. The van der Waals surface area contributed by atoms with Crippen molar-refractivity contribution in [1.82, 2.24) is 4.57 Å². The predicted molar refractivity (Wildman–Crippen MR) is 84.0 cm³/mol. The molecule has 2 rings (SSSR count). The highest BCUT2D eigenvalue weighted by atomic mass is 16.5. The maximum Gasteiger partial charge on any atom is 0.325 e. The first-order chi connectivity index (χ1) is 11.1. The molecule has 0 saturated heterocycles. The Morgan fingerprint density at radius 1 is 1.22 bits per heavy atom. The van der Waals surface area contributed by atoms with Gasteiger partial charge in [-0.25, -0.2) is 0 Å². The zero-order valence-electron chi connectivity index (χ0n) is 12.9. The van der Waals surface area contributed by atoms with Crippen LogP contribution in [0.5, 0.6) is 5.75 Å². The zero-order chi connectivity index (χ0) is 16.8. The summed E-state index contributed by atoms with van der Waals surface area (Å²) in [6.07, 6.45) is 0. The topological polar surface area (TPSA) is 81.3 Å². The standard InChI is InChI=1S/C17H16N2O4/c1-3-23-14-7-4-12(5-8-14)15-9-6-13(10-18)17(21)19(15)11-16(20)22-2/h4-9H,3,11H2,1-2H3. The van der Waals surface area contributed by atoms with Gasteiger partial charge in [-0.05, 0) is 48.9 Å². The first-order valence-corrected chi connectivity index (χ1v) is 7.04. The van der Waals surface area contributed by atoms with Crippen LogP contribution in [0.25, 0.3) is 11.3 Å². The third-order valence-electron chi connectivity index (χ3n) is 3.27. The summed E-state index contributed by atoms with van der Waals surface area (Å²) in [6, 6.07) is 12.1. The van der Waals surface area contributed by atoms with Gasteiger partial charge in [0.05, 0.1) is 19.4 Å². The molecule has 23 heavy (non-hydrogen) atoms. The molecular weight excluding hydrogens is 296 g/mol. The highest BCUT2D eigenvalue weighted by molar-refractivity contribution is 5.71. The molecule has 0 aliphatic heterocycles. The fourth-order valence-corrected chi connectivity index (χ4v) is 2.15. The second-order valence-electron chi connectivity index (χ2n) is 4.67. The van der Waals surface area contributed by atoms with Crippen LogP contribution in [0.2, 0.25) is 0 Å². The van der Waals surface area contributed by atoms with Crippen LogP contribution >= 0.6 is 0 Å². The van der Waals surface area contributed by atoms with Gasteiger partial charge in [-0.3, -0.25) is 14.2 Å². The van der Waals surface area contributed by atoms with Crippen molar-refractivity contribution in [2.24, 2.45) is 0 Å². The van der Waals surface area contributed by atoms with Crippen LogP contribution in [0.15, 0.2) is 41.2 Å². The number of rotatable bonds is 5. The number of methoxy groups -OCH3 is 1. The first kappa shape index (κ1) is 16.3. The summed E-state index contributed by atoms with van der Waals surface area (Å²) in [6.45, 7) is 2.19. The van der Waals surface area contributed by atoms with Crippen molar-refractivity contribution in [3.05, 3.63) is 52.3 Å². The lowest BCUT2D eigenvalue weighted by molar-refractivity contribution is -0.141. The van der Waals surface area contributed by atoms with Crippen molar-refractivity contribution in [2.45, 2.75) is 13.5 Å². The van der Waals surface area contributed by atoms with Crippen molar-refractivity contribution in [2.75, 3.05) is 13.7 Å². The molecule has 6 heteroatoms. The molecule has 118 valence electrons. The van der Waals surface area contributed by atoms with Crippen LogP contribution in [0.4, 0.5) is 0 Å². The van der Waals surface area contributed by atoms with Gasteiger partial charge in [0.2, 0.25) is 0 Å². The van der Waals surface area contributed by atoms with E-state index < -0.39 is 11.5 Å². The average Bonchev–Trinajstić information content (AvgIpc) is 2.57. The minimum atomic E-state index is -0.561. The van der Waals surface area contributed by atoms with Crippen molar-refractivity contribution in [1.29, 1.82) is 5.26 Å². The van der Waals surface area contributed by atoms with E-state index in [4.69, 9.17) is 10.00 Å². The molecule has 0 bridgehead atoms. The van der Waals surface area contributed by atoms with Gasteiger partial charge >= 0.3 is 5.97 Å². The molecule has 6 nitrogen and oxygen atoms in total. The molecule has 0 atom stereocenters. The number of nitrogens with zero attached hydrogens (tertiary/aromatic N) is 2. The van der Waals surface area contributed by atoms with Gasteiger partial charge in [-0.1, -0.05) is 0 Å². The number of hydrogen-bond donors (Lipinski definition) is 0. The molecule has 0 saturated carbocycles. The van der Waals surface area contributed by atoms with Crippen molar-refractivity contribution in [3.63, 3.8) is 0 Å². The molecule has 1 aromatic carbocycles. The van der Waals surface area contributed by atoms with Crippen molar-refractivity contribution < 1.29 is 14.3 Å². The van der Waals surface area contributed by atoms with Gasteiger partial charge < -0.3 is 9.47 Å². The number of benzene rings is 1. The van der Waals surface area contributed by atoms with Crippen LogP contribution in [0.1, 0.15) is 12.5 Å². The molecular formula is C17H16N2O4. The number of pyridine rings is 1. The third-order valence-corrected chi connectivity index (χ3v) is 3.27. The largest absolute Gasteiger partial charge is 0.494 e. The Hall–Kier alpha value is -3.07. The van der Waals surface area contributed by atoms with Gasteiger partial charge in [-0.2, -0.15) is 5.26 Å². The van der Waals surface area contributed by atoms with Crippen LogP contribution in [0, 0.1) is 11.3 Å². The lowest BCUT2D eigenvalue weighted by atomic mass is 10.1. The second-order valence-corrected chi connectivity index (χ2v) is 4.67. The first-order valence-electron chi connectivity index (χ1n) is 7.04. The Morgan fingerprint density at radius 3 is 2.48 bits per heavy atom. The SMILES string of the molecule is CCOc1ccc(-c2ccc(C#N)c(=O)n2CC(=O)OC)cc1. The quantitative estimate of drug-likeness (QED) is 0.788. The molecule has 0 fully saturated rings.